The Morgan fingerprint density at radius 3 is 1.44 bits per heavy atom. The number of nitrogens with one attached hydrogen (secondary N) is 3. The first kappa shape index (κ1) is 30.7. The van der Waals surface area contributed by atoms with Gasteiger partial charge in [0.05, 0.1) is 12.1 Å². The molecule has 0 aromatic carbocycles. The molecule has 2 atom stereocenters. The summed E-state index contributed by atoms with van der Waals surface area (Å²) in [5.41, 5.74) is -1.28. The molecular formula is C26H51N3O3. The predicted octanol–water partition coefficient (Wildman–Crippen LogP) is 4.41. The van der Waals surface area contributed by atoms with Crippen LogP contribution in [-0.4, -0.2) is 47.2 Å². The smallest absolute Gasteiger partial charge is 0.220 e. The number of amides is 1. The topological polar surface area (TPSA) is 87.3 Å². The number of hydrogen-bond acceptors (Lipinski definition) is 5. The van der Waals surface area contributed by atoms with Crippen LogP contribution in [0.5, 0.6) is 0 Å². The van der Waals surface area contributed by atoms with Gasteiger partial charge in [-0.1, -0.05) is 48.0 Å². The first-order valence-corrected chi connectivity index (χ1v) is 12.0. The summed E-state index contributed by atoms with van der Waals surface area (Å²) in [4.78, 5) is 38.0. The van der Waals surface area contributed by atoms with Crippen LogP contribution in [0.1, 0.15) is 109 Å². The van der Waals surface area contributed by atoms with Crippen LogP contribution in [-0.2, 0) is 14.4 Å². The number of ketones is 2. The van der Waals surface area contributed by atoms with E-state index in [-0.39, 0.29) is 41.1 Å². The Kier molecular flexibility index (Phi) is 11.3. The van der Waals surface area contributed by atoms with Crippen molar-refractivity contribution in [3.05, 3.63) is 0 Å². The van der Waals surface area contributed by atoms with Gasteiger partial charge in [0.2, 0.25) is 5.91 Å². The molecule has 0 aliphatic carbocycles. The first-order chi connectivity index (χ1) is 14.1. The van der Waals surface area contributed by atoms with Gasteiger partial charge in [0.25, 0.3) is 0 Å². The lowest BCUT2D eigenvalue weighted by Crippen LogP contribution is -2.55. The molecule has 0 fully saturated rings. The third-order valence-electron chi connectivity index (χ3n) is 4.98. The lowest BCUT2D eigenvalue weighted by atomic mass is 9.83. The van der Waals surface area contributed by atoms with Gasteiger partial charge in [0, 0.05) is 34.9 Å². The summed E-state index contributed by atoms with van der Waals surface area (Å²) in [6, 6.07) is -0.647. The molecule has 0 rings (SSSR count). The number of Topliss-reactive ketones (excluding diaryl/α,β-unsaturated/α-hetero) is 2. The maximum absolute atomic E-state index is 12.8. The maximum Gasteiger partial charge on any atom is 0.220 e. The summed E-state index contributed by atoms with van der Waals surface area (Å²) in [6.07, 6.45) is 2.58. The summed E-state index contributed by atoms with van der Waals surface area (Å²) in [6.45, 7) is 24.0. The van der Waals surface area contributed by atoms with Crippen molar-refractivity contribution in [2.75, 3.05) is 6.54 Å². The third-order valence-corrected chi connectivity index (χ3v) is 4.98. The zero-order chi connectivity index (χ0) is 25.5. The van der Waals surface area contributed by atoms with Crippen LogP contribution in [0.4, 0.5) is 0 Å². The van der Waals surface area contributed by atoms with Gasteiger partial charge in [-0.05, 0) is 54.4 Å². The van der Waals surface area contributed by atoms with Gasteiger partial charge in [-0.25, -0.2) is 0 Å². The molecule has 0 bridgehead atoms. The van der Waals surface area contributed by atoms with E-state index >= 15 is 0 Å². The second kappa shape index (κ2) is 11.7. The number of rotatable bonds is 11. The van der Waals surface area contributed by atoms with Gasteiger partial charge in [0.1, 0.15) is 0 Å². The number of unbranched alkanes of at least 4 members (excludes halogenated alkanes) is 1. The molecule has 1 amide bonds. The van der Waals surface area contributed by atoms with Crippen molar-refractivity contribution in [1.29, 1.82) is 0 Å². The van der Waals surface area contributed by atoms with Crippen molar-refractivity contribution in [2.45, 2.75) is 132 Å². The zero-order valence-electron chi connectivity index (χ0n) is 22.9. The summed E-state index contributed by atoms with van der Waals surface area (Å²) < 4.78 is 0. The molecule has 0 aromatic rings. The minimum atomic E-state index is -0.484. The van der Waals surface area contributed by atoms with Crippen LogP contribution in [0.25, 0.3) is 0 Å². The van der Waals surface area contributed by atoms with Crippen LogP contribution in [0.3, 0.4) is 0 Å². The molecule has 0 radical (unpaired) electrons. The molecule has 0 saturated carbocycles. The summed E-state index contributed by atoms with van der Waals surface area (Å²) in [5.74, 6) is 0.230. The SMILES string of the molecule is CC(C)(C)NC(CCCCC(=O)NCC(NC(C)(C)C)C(=O)C(C)(C)C)C(=O)C(C)(C)C. The average Bonchev–Trinajstić information content (AvgIpc) is 2.56. The standard InChI is InChI=1S/C26H51N3O3/c1-23(2,3)21(31)18(28-25(7,8)9)15-13-14-16-20(30)27-17-19(29-26(10,11)12)22(32)24(4,5)6/h18-19,28-29H,13-17H2,1-12H3,(H,27,30). The summed E-state index contributed by atoms with van der Waals surface area (Å²) in [7, 11) is 0. The van der Waals surface area contributed by atoms with Crippen LogP contribution in [0, 0.1) is 10.8 Å². The lowest BCUT2D eigenvalue weighted by Gasteiger charge is -2.32. The Hall–Kier alpha value is -1.27. The maximum atomic E-state index is 12.8. The fourth-order valence-electron chi connectivity index (χ4n) is 3.51. The van der Waals surface area contributed by atoms with Gasteiger partial charge in [-0.15, -0.1) is 0 Å². The molecule has 2 unspecified atom stereocenters. The first-order valence-electron chi connectivity index (χ1n) is 12.0. The second-order valence-corrected chi connectivity index (χ2v) is 13.2. The molecule has 6 heteroatoms. The molecule has 32 heavy (non-hydrogen) atoms. The highest BCUT2D eigenvalue weighted by Crippen LogP contribution is 2.21. The minimum Gasteiger partial charge on any atom is -0.354 e. The molecule has 0 aliphatic heterocycles. The average molecular weight is 454 g/mol. The van der Waals surface area contributed by atoms with Gasteiger partial charge >= 0.3 is 0 Å². The van der Waals surface area contributed by atoms with Crippen LogP contribution >= 0.6 is 0 Å². The van der Waals surface area contributed by atoms with E-state index in [0.717, 1.165) is 6.42 Å². The van der Waals surface area contributed by atoms with E-state index in [4.69, 9.17) is 0 Å². The largest absolute Gasteiger partial charge is 0.354 e. The molecule has 3 N–H and O–H groups in total. The second-order valence-electron chi connectivity index (χ2n) is 13.2. The van der Waals surface area contributed by atoms with Gasteiger partial charge in [-0.3, -0.25) is 14.4 Å². The van der Waals surface area contributed by atoms with Crippen LogP contribution in [0.15, 0.2) is 0 Å². The Morgan fingerprint density at radius 2 is 1.03 bits per heavy atom. The number of carbonyl (C=O) groups is 3. The van der Waals surface area contributed by atoms with E-state index in [1.54, 1.807) is 0 Å². The van der Waals surface area contributed by atoms with E-state index in [2.05, 4.69) is 36.7 Å². The fourth-order valence-corrected chi connectivity index (χ4v) is 3.51. The third kappa shape index (κ3) is 13.3. The summed E-state index contributed by atoms with van der Waals surface area (Å²) >= 11 is 0. The molecular weight excluding hydrogens is 402 g/mol. The van der Waals surface area contributed by atoms with Crippen molar-refractivity contribution in [3.8, 4) is 0 Å². The normalized spacial score (nSPS) is 15.2. The fraction of sp³-hybridized carbons (Fsp3) is 0.885. The lowest BCUT2D eigenvalue weighted by molar-refractivity contribution is -0.129. The predicted molar refractivity (Wildman–Crippen MR) is 134 cm³/mol. The summed E-state index contributed by atoms with van der Waals surface area (Å²) in [5, 5.41) is 9.71. The Morgan fingerprint density at radius 1 is 0.625 bits per heavy atom. The zero-order valence-corrected chi connectivity index (χ0v) is 22.9. The van der Waals surface area contributed by atoms with E-state index < -0.39 is 16.9 Å². The number of carbonyl (C=O) groups excluding carboxylic acids is 3. The molecule has 0 aliphatic rings. The van der Waals surface area contributed by atoms with Gasteiger partial charge in [-0.2, -0.15) is 0 Å². The Bertz CT molecular complexity index is 629. The molecule has 0 spiro atoms. The molecule has 6 nitrogen and oxygen atoms in total. The Balaban J connectivity index is 4.76. The molecule has 188 valence electrons. The van der Waals surface area contributed by atoms with E-state index in [0.29, 0.717) is 19.3 Å². The van der Waals surface area contributed by atoms with Gasteiger partial charge < -0.3 is 16.0 Å². The molecule has 0 aromatic heterocycles. The highest BCUT2D eigenvalue weighted by Gasteiger charge is 2.33. The highest BCUT2D eigenvalue weighted by molar-refractivity contribution is 5.90. The Labute approximate surface area is 197 Å². The van der Waals surface area contributed by atoms with E-state index in [1.165, 1.54) is 0 Å². The van der Waals surface area contributed by atoms with Crippen LogP contribution in [0.2, 0.25) is 0 Å². The highest BCUT2D eigenvalue weighted by atomic mass is 16.2. The van der Waals surface area contributed by atoms with Crippen molar-refractivity contribution < 1.29 is 14.4 Å². The van der Waals surface area contributed by atoms with E-state index in [1.807, 2.05) is 62.3 Å². The van der Waals surface area contributed by atoms with Gasteiger partial charge in [0.15, 0.2) is 11.6 Å². The van der Waals surface area contributed by atoms with Crippen molar-refractivity contribution >= 4 is 17.5 Å². The minimum absolute atomic E-state index is 0.0603. The van der Waals surface area contributed by atoms with Crippen molar-refractivity contribution in [3.63, 3.8) is 0 Å². The van der Waals surface area contributed by atoms with Crippen LogP contribution < -0.4 is 16.0 Å². The van der Waals surface area contributed by atoms with Crippen molar-refractivity contribution in [1.82, 2.24) is 16.0 Å². The molecule has 0 saturated heterocycles. The monoisotopic (exact) mass is 453 g/mol. The van der Waals surface area contributed by atoms with E-state index in [9.17, 15) is 14.4 Å². The molecule has 0 heterocycles. The van der Waals surface area contributed by atoms with Crippen molar-refractivity contribution in [2.24, 2.45) is 10.8 Å². The number of hydrogen-bond donors (Lipinski definition) is 3. The quantitative estimate of drug-likeness (QED) is 0.404.